The highest BCUT2D eigenvalue weighted by Gasteiger charge is 2.36. The average Bonchev–Trinajstić information content (AvgIpc) is 2.90. The van der Waals surface area contributed by atoms with Crippen LogP contribution in [0.25, 0.3) is 0 Å². The minimum absolute atomic E-state index is 0.00359. The van der Waals surface area contributed by atoms with Crippen molar-refractivity contribution in [3.8, 4) is 24.0 Å². The number of anilines is 1. The number of alkyl carbamates (subject to hydrolysis) is 1. The summed E-state index contributed by atoms with van der Waals surface area (Å²) in [5.41, 5.74) is 2.85. The molecule has 0 saturated heterocycles. The zero-order chi connectivity index (χ0) is 31.2. The van der Waals surface area contributed by atoms with E-state index in [1.54, 1.807) is 45.9 Å². The van der Waals surface area contributed by atoms with Crippen LogP contribution < -0.4 is 10.6 Å². The van der Waals surface area contributed by atoms with Crippen LogP contribution >= 0.6 is 0 Å². The number of ether oxygens (including phenoxy) is 1. The van der Waals surface area contributed by atoms with Gasteiger partial charge in [-0.2, -0.15) is 0 Å². The van der Waals surface area contributed by atoms with Crippen molar-refractivity contribution in [1.29, 1.82) is 0 Å². The second kappa shape index (κ2) is 13.1. The Morgan fingerprint density at radius 2 is 1.57 bits per heavy atom. The molecule has 9 nitrogen and oxygen atoms in total. The van der Waals surface area contributed by atoms with E-state index in [0.29, 0.717) is 22.4 Å². The molecule has 42 heavy (non-hydrogen) atoms. The molecule has 0 fully saturated rings. The largest absolute Gasteiger partial charge is 0.508 e. The van der Waals surface area contributed by atoms with Gasteiger partial charge in [0.15, 0.2) is 0 Å². The number of benzene rings is 3. The topological polar surface area (TPSA) is 128 Å². The maximum absolute atomic E-state index is 14.1. The molecular weight excluding hydrogens is 534 g/mol. The summed E-state index contributed by atoms with van der Waals surface area (Å²) in [4.78, 5) is 41.8. The third kappa shape index (κ3) is 8.04. The van der Waals surface area contributed by atoms with E-state index in [1.165, 1.54) is 24.3 Å². The number of para-hydroxylation sites is 1. The van der Waals surface area contributed by atoms with Gasteiger partial charge in [-0.05, 0) is 93.6 Å². The molecule has 2 atom stereocenters. The van der Waals surface area contributed by atoms with Crippen molar-refractivity contribution in [2.75, 3.05) is 5.32 Å². The van der Waals surface area contributed by atoms with Gasteiger partial charge in [-0.15, -0.1) is 0 Å². The zero-order valence-corrected chi connectivity index (χ0v) is 24.7. The van der Waals surface area contributed by atoms with Crippen LogP contribution in [0.3, 0.4) is 0 Å². The van der Waals surface area contributed by atoms with E-state index in [2.05, 4.69) is 16.7 Å². The van der Waals surface area contributed by atoms with Crippen LogP contribution in [-0.4, -0.2) is 44.7 Å². The van der Waals surface area contributed by atoms with E-state index in [0.717, 1.165) is 16.0 Å². The molecule has 4 N–H and O–H groups in total. The first-order valence-corrected chi connectivity index (χ1v) is 13.4. The van der Waals surface area contributed by atoms with Crippen LogP contribution in [0, 0.1) is 33.2 Å². The van der Waals surface area contributed by atoms with E-state index >= 15 is 0 Å². The number of nitrogens with one attached hydrogen (secondary N) is 2. The number of amides is 3. The molecular formula is C33H37N3O6. The van der Waals surface area contributed by atoms with Crippen molar-refractivity contribution in [2.24, 2.45) is 0 Å². The molecule has 0 saturated carbocycles. The monoisotopic (exact) mass is 571 g/mol. The molecule has 3 amide bonds. The molecule has 0 bridgehead atoms. The van der Waals surface area contributed by atoms with E-state index in [1.807, 2.05) is 32.0 Å². The average molecular weight is 572 g/mol. The summed E-state index contributed by atoms with van der Waals surface area (Å²) in [6.07, 6.45) is 5.06. The van der Waals surface area contributed by atoms with Gasteiger partial charge >= 0.3 is 6.09 Å². The minimum Gasteiger partial charge on any atom is -0.508 e. The summed E-state index contributed by atoms with van der Waals surface area (Å²) in [6.45, 7) is 10.4. The van der Waals surface area contributed by atoms with Crippen LogP contribution in [0.15, 0.2) is 60.7 Å². The second-order valence-electron chi connectivity index (χ2n) is 11.1. The van der Waals surface area contributed by atoms with E-state index in [4.69, 9.17) is 11.2 Å². The van der Waals surface area contributed by atoms with Crippen LogP contribution in [0.5, 0.6) is 11.5 Å². The van der Waals surface area contributed by atoms with Crippen LogP contribution in [0.1, 0.15) is 54.6 Å². The highest BCUT2D eigenvalue weighted by molar-refractivity contribution is 6.00. The first-order valence-electron chi connectivity index (χ1n) is 13.4. The highest BCUT2D eigenvalue weighted by Crippen LogP contribution is 2.29. The Morgan fingerprint density at radius 1 is 0.952 bits per heavy atom. The van der Waals surface area contributed by atoms with Crippen LogP contribution in [-0.2, 0) is 20.7 Å². The van der Waals surface area contributed by atoms with Gasteiger partial charge in [-0.1, -0.05) is 42.8 Å². The van der Waals surface area contributed by atoms with Gasteiger partial charge in [0.05, 0.1) is 0 Å². The smallest absolute Gasteiger partial charge is 0.408 e. The SMILES string of the molecule is C#CN(C(=O)C(Cc1ccc(O)cc1)NC(=O)OC(C)(C)C)C(C(=O)Nc1c(C)cccc1C)c1ccc(O)c(C)c1. The Labute approximate surface area is 246 Å². The summed E-state index contributed by atoms with van der Waals surface area (Å²) in [7, 11) is 0. The van der Waals surface area contributed by atoms with Crippen LogP contribution in [0.4, 0.5) is 10.5 Å². The quantitative estimate of drug-likeness (QED) is 0.216. The van der Waals surface area contributed by atoms with Crippen molar-refractivity contribution >= 4 is 23.6 Å². The van der Waals surface area contributed by atoms with Gasteiger partial charge in [0.2, 0.25) is 0 Å². The maximum Gasteiger partial charge on any atom is 0.408 e. The Morgan fingerprint density at radius 3 is 2.12 bits per heavy atom. The van der Waals surface area contributed by atoms with Crippen molar-refractivity contribution in [1.82, 2.24) is 10.2 Å². The molecule has 3 rings (SSSR count). The number of hydrogen-bond acceptors (Lipinski definition) is 6. The number of carbonyl (C=O) groups is 3. The Bertz CT molecular complexity index is 1480. The first kappa shape index (κ1) is 31.6. The second-order valence-corrected chi connectivity index (χ2v) is 11.1. The normalized spacial score (nSPS) is 12.4. The lowest BCUT2D eigenvalue weighted by atomic mass is 9.98. The molecule has 3 aromatic rings. The Hall–Kier alpha value is -4.97. The lowest BCUT2D eigenvalue weighted by molar-refractivity contribution is -0.136. The standard InChI is InChI=1S/C33H37N3O6/c1-8-36(31(40)26(34-32(41)42-33(5,6)7)19-23-12-15-25(37)16-13-23)29(24-14-17-27(38)22(4)18-24)30(39)35-28-20(2)10-9-11-21(28)3/h1,9-18,26,29,37-38H,19H2,2-7H3,(H,34,41)(H,35,39). The molecule has 220 valence electrons. The van der Waals surface area contributed by atoms with Crippen molar-refractivity contribution in [3.05, 3.63) is 88.5 Å². The van der Waals surface area contributed by atoms with Crippen molar-refractivity contribution in [2.45, 2.75) is 65.6 Å². The molecule has 0 aromatic heterocycles. The first-order chi connectivity index (χ1) is 19.7. The van der Waals surface area contributed by atoms with E-state index < -0.39 is 35.6 Å². The van der Waals surface area contributed by atoms with E-state index in [9.17, 15) is 24.6 Å². The van der Waals surface area contributed by atoms with Gasteiger partial charge in [0.25, 0.3) is 11.8 Å². The zero-order valence-electron chi connectivity index (χ0n) is 24.7. The van der Waals surface area contributed by atoms with Gasteiger partial charge in [-0.25, -0.2) is 4.79 Å². The summed E-state index contributed by atoms with van der Waals surface area (Å²) in [5, 5.41) is 25.4. The minimum atomic E-state index is -1.32. The predicted molar refractivity (Wildman–Crippen MR) is 161 cm³/mol. The van der Waals surface area contributed by atoms with E-state index in [-0.39, 0.29) is 17.9 Å². The fourth-order valence-electron chi connectivity index (χ4n) is 4.42. The van der Waals surface area contributed by atoms with Gasteiger partial charge in [0.1, 0.15) is 29.2 Å². The number of aromatic hydroxyl groups is 2. The summed E-state index contributed by atoms with van der Waals surface area (Å²) in [5.74, 6) is -1.26. The number of phenols is 2. The third-order valence-electron chi connectivity index (χ3n) is 6.51. The number of carbonyl (C=O) groups excluding carboxylic acids is 3. The number of phenolic OH excluding ortho intramolecular Hbond substituents is 2. The molecule has 3 aromatic carbocycles. The molecule has 0 heterocycles. The molecule has 0 aliphatic carbocycles. The highest BCUT2D eigenvalue weighted by atomic mass is 16.6. The Balaban J connectivity index is 2.07. The Kier molecular flexibility index (Phi) is 9.86. The van der Waals surface area contributed by atoms with Crippen molar-refractivity contribution < 1.29 is 29.3 Å². The lowest BCUT2D eigenvalue weighted by Crippen LogP contribution is -2.51. The number of rotatable bonds is 8. The number of hydrogen-bond donors (Lipinski definition) is 4. The number of terminal acetylenes is 1. The van der Waals surface area contributed by atoms with Gasteiger partial charge < -0.3 is 25.6 Å². The molecule has 9 heteroatoms. The molecule has 0 radical (unpaired) electrons. The number of nitrogens with zero attached hydrogens (tertiary/aromatic N) is 1. The molecule has 0 spiro atoms. The lowest BCUT2D eigenvalue weighted by Gasteiger charge is -2.31. The van der Waals surface area contributed by atoms with Gasteiger partial charge in [-0.3, -0.25) is 14.5 Å². The molecule has 2 unspecified atom stereocenters. The van der Waals surface area contributed by atoms with Crippen molar-refractivity contribution in [3.63, 3.8) is 0 Å². The number of aryl methyl sites for hydroxylation is 3. The summed E-state index contributed by atoms with van der Waals surface area (Å²) >= 11 is 0. The summed E-state index contributed by atoms with van der Waals surface area (Å²) in [6, 6.07) is 16.1. The van der Waals surface area contributed by atoms with Gasteiger partial charge in [0, 0.05) is 18.2 Å². The molecule has 0 aliphatic heterocycles. The summed E-state index contributed by atoms with van der Waals surface area (Å²) < 4.78 is 5.40. The fourth-order valence-corrected chi connectivity index (χ4v) is 4.42. The third-order valence-corrected chi connectivity index (χ3v) is 6.51. The fraction of sp³-hybridized carbons (Fsp3) is 0.303. The predicted octanol–water partition coefficient (Wildman–Crippen LogP) is 5.26. The molecule has 0 aliphatic rings. The van der Waals surface area contributed by atoms with Crippen LogP contribution in [0.2, 0.25) is 0 Å². The maximum atomic E-state index is 14.1.